The minimum absolute atomic E-state index is 1.08. The van der Waals surface area contributed by atoms with Crippen LogP contribution in [0.25, 0.3) is 11.0 Å². The number of nitrogens with zero attached hydrogens (tertiary/aromatic N) is 2. The first-order valence-electron chi connectivity index (χ1n) is 3.76. The van der Waals surface area contributed by atoms with Crippen LogP contribution in [0.1, 0.15) is 5.56 Å². The van der Waals surface area contributed by atoms with Crippen molar-refractivity contribution in [3.8, 4) is 0 Å². The third kappa shape index (κ3) is 0.966. The SMILES string of the molecule is Cc1ccc(Br)c2c1ncn2C. The van der Waals surface area contributed by atoms with Crippen LogP contribution in [0.3, 0.4) is 0 Å². The summed E-state index contributed by atoms with van der Waals surface area (Å²) in [6.07, 6.45) is 1.84. The molecule has 2 aromatic rings. The molecule has 0 amide bonds. The maximum atomic E-state index is 4.31. The Hall–Kier alpha value is -0.830. The second kappa shape index (κ2) is 2.59. The van der Waals surface area contributed by atoms with Gasteiger partial charge in [0, 0.05) is 11.5 Å². The number of halogens is 1. The van der Waals surface area contributed by atoms with Gasteiger partial charge in [-0.2, -0.15) is 0 Å². The molecule has 12 heavy (non-hydrogen) atoms. The highest BCUT2D eigenvalue weighted by molar-refractivity contribution is 9.10. The van der Waals surface area contributed by atoms with Crippen molar-refractivity contribution in [1.29, 1.82) is 0 Å². The summed E-state index contributed by atoms with van der Waals surface area (Å²) >= 11 is 3.50. The largest absolute Gasteiger partial charge is 0.333 e. The summed E-state index contributed by atoms with van der Waals surface area (Å²) in [5.74, 6) is 0. The lowest BCUT2D eigenvalue weighted by Crippen LogP contribution is -1.85. The number of rotatable bonds is 0. The first-order valence-corrected chi connectivity index (χ1v) is 4.55. The lowest BCUT2D eigenvalue weighted by Gasteiger charge is -1.99. The van der Waals surface area contributed by atoms with Crippen molar-refractivity contribution in [1.82, 2.24) is 9.55 Å². The molecule has 0 atom stereocenters. The number of aromatic nitrogens is 2. The number of hydrogen-bond donors (Lipinski definition) is 0. The Balaban J connectivity index is 2.98. The second-order valence-electron chi connectivity index (χ2n) is 2.92. The second-order valence-corrected chi connectivity index (χ2v) is 3.77. The zero-order chi connectivity index (χ0) is 8.72. The first kappa shape index (κ1) is 7.80. The molecule has 0 fully saturated rings. The lowest BCUT2D eigenvalue weighted by atomic mass is 10.2. The van der Waals surface area contributed by atoms with E-state index >= 15 is 0 Å². The molecule has 0 saturated heterocycles. The summed E-state index contributed by atoms with van der Waals surface area (Å²) in [5.41, 5.74) is 3.45. The Labute approximate surface area is 79.3 Å². The molecule has 2 rings (SSSR count). The van der Waals surface area contributed by atoms with Crippen LogP contribution in [0.5, 0.6) is 0 Å². The van der Waals surface area contributed by atoms with Crippen LogP contribution < -0.4 is 0 Å². The van der Waals surface area contributed by atoms with Crippen molar-refractivity contribution in [3.63, 3.8) is 0 Å². The predicted molar refractivity (Wildman–Crippen MR) is 53.2 cm³/mol. The fourth-order valence-corrected chi connectivity index (χ4v) is 1.96. The summed E-state index contributed by atoms with van der Waals surface area (Å²) in [7, 11) is 2.00. The lowest BCUT2D eigenvalue weighted by molar-refractivity contribution is 0.945. The van der Waals surface area contributed by atoms with Gasteiger partial charge in [-0.05, 0) is 34.5 Å². The van der Waals surface area contributed by atoms with E-state index in [4.69, 9.17) is 0 Å². The number of imidazole rings is 1. The molecule has 1 aromatic carbocycles. The van der Waals surface area contributed by atoms with E-state index in [2.05, 4.69) is 40.0 Å². The highest BCUT2D eigenvalue weighted by Gasteiger charge is 2.05. The van der Waals surface area contributed by atoms with E-state index in [1.165, 1.54) is 5.56 Å². The van der Waals surface area contributed by atoms with E-state index < -0.39 is 0 Å². The monoisotopic (exact) mass is 224 g/mol. The highest BCUT2D eigenvalue weighted by Crippen LogP contribution is 2.24. The Morgan fingerprint density at radius 3 is 2.83 bits per heavy atom. The van der Waals surface area contributed by atoms with Crippen molar-refractivity contribution in [2.75, 3.05) is 0 Å². The standard InChI is InChI=1S/C9H9BrN2/c1-6-3-4-7(10)9-8(6)11-5-12(9)2/h3-5H,1-2H3. The van der Waals surface area contributed by atoms with Gasteiger partial charge in [0.1, 0.15) is 0 Å². The summed E-state index contributed by atoms with van der Waals surface area (Å²) < 4.78 is 3.12. The molecule has 1 heterocycles. The molecule has 1 aromatic heterocycles. The van der Waals surface area contributed by atoms with Crippen LogP contribution in [-0.2, 0) is 7.05 Å². The fourth-order valence-electron chi connectivity index (χ4n) is 1.36. The molecule has 0 aliphatic carbocycles. The molecule has 0 N–H and O–H groups in total. The van der Waals surface area contributed by atoms with Gasteiger partial charge in [-0.25, -0.2) is 4.98 Å². The van der Waals surface area contributed by atoms with Crippen molar-refractivity contribution in [3.05, 3.63) is 28.5 Å². The van der Waals surface area contributed by atoms with Crippen molar-refractivity contribution < 1.29 is 0 Å². The molecule has 3 heteroatoms. The summed E-state index contributed by atoms with van der Waals surface area (Å²) in [6.45, 7) is 2.07. The Bertz CT molecular complexity index is 431. The molecule has 0 radical (unpaired) electrons. The number of benzene rings is 1. The molecular weight excluding hydrogens is 216 g/mol. The molecule has 0 unspecified atom stereocenters. The summed E-state index contributed by atoms with van der Waals surface area (Å²) in [4.78, 5) is 4.31. The van der Waals surface area contributed by atoms with Crippen LogP contribution in [0.4, 0.5) is 0 Å². The molecular formula is C9H9BrN2. The van der Waals surface area contributed by atoms with Crippen molar-refractivity contribution >= 4 is 27.0 Å². The quantitative estimate of drug-likeness (QED) is 0.673. The van der Waals surface area contributed by atoms with Gasteiger partial charge < -0.3 is 4.57 Å². The molecule has 0 spiro atoms. The van der Waals surface area contributed by atoms with Crippen LogP contribution in [0, 0.1) is 6.92 Å². The number of fused-ring (bicyclic) bond motifs is 1. The van der Waals surface area contributed by atoms with E-state index in [1.807, 2.05) is 17.9 Å². The average molecular weight is 225 g/mol. The van der Waals surface area contributed by atoms with Gasteiger partial charge in [-0.1, -0.05) is 6.07 Å². The Kier molecular flexibility index (Phi) is 1.68. The smallest absolute Gasteiger partial charge is 0.0956 e. The minimum Gasteiger partial charge on any atom is -0.333 e. The Morgan fingerprint density at radius 1 is 1.42 bits per heavy atom. The van der Waals surface area contributed by atoms with E-state index in [9.17, 15) is 0 Å². The highest BCUT2D eigenvalue weighted by atomic mass is 79.9. The zero-order valence-corrected chi connectivity index (χ0v) is 8.59. The first-order chi connectivity index (χ1) is 5.70. The van der Waals surface area contributed by atoms with Gasteiger partial charge in [0.2, 0.25) is 0 Å². The zero-order valence-electron chi connectivity index (χ0n) is 7.00. The van der Waals surface area contributed by atoms with Gasteiger partial charge in [-0.3, -0.25) is 0 Å². The maximum absolute atomic E-state index is 4.31. The van der Waals surface area contributed by atoms with Crippen LogP contribution in [0.2, 0.25) is 0 Å². The fraction of sp³-hybridized carbons (Fsp3) is 0.222. The number of hydrogen-bond acceptors (Lipinski definition) is 1. The van der Waals surface area contributed by atoms with Gasteiger partial charge in [-0.15, -0.1) is 0 Å². The average Bonchev–Trinajstić information content (AvgIpc) is 2.42. The van der Waals surface area contributed by atoms with Gasteiger partial charge in [0.25, 0.3) is 0 Å². The van der Waals surface area contributed by atoms with Gasteiger partial charge >= 0.3 is 0 Å². The van der Waals surface area contributed by atoms with E-state index in [0.29, 0.717) is 0 Å². The van der Waals surface area contributed by atoms with Crippen molar-refractivity contribution in [2.45, 2.75) is 6.92 Å². The summed E-state index contributed by atoms with van der Waals surface area (Å²) in [6, 6.07) is 4.12. The molecule has 0 bridgehead atoms. The van der Waals surface area contributed by atoms with Crippen LogP contribution >= 0.6 is 15.9 Å². The third-order valence-corrected chi connectivity index (χ3v) is 2.66. The topological polar surface area (TPSA) is 17.8 Å². The van der Waals surface area contributed by atoms with Crippen LogP contribution in [-0.4, -0.2) is 9.55 Å². The molecule has 2 nitrogen and oxygen atoms in total. The van der Waals surface area contributed by atoms with E-state index in [-0.39, 0.29) is 0 Å². The predicted octanol–water partition coefficient (Wildman–Crippen LogP) is 2.64. The third-order valence-electron chi connectivity index (χ3n) is 2.02. The maximum Gasteiger partial charge on any atom is 0.0956 e. The Morgan fingerprint density at radius 2 is 2.17 bits per heavy atom. The van der Waals surface area contributed by atoms with Crippen molar-refractivity contribution in [2.24, 2.45) is 7.05 Å². The molecule has 0 saturated carbocycles. The molecule has 0 aliphatic heterocycles. The van der Waals surface area contributed by atoms with Crippen LogP contribution in [0.15, 0.2) is 22.9 Å². The normalized spacial score (nSPS) is 10.9. The van der Waals surface area contributed by atoms with Gasteiger partial charge in [0.15, 0.2) is 0 Å². The minimum atomic E-state index is 1.08. The van der Waals surface area contributed by atoms with Gasteiger partial charge in [0.05, 0.1) is 17.4 Å². The molecule has 62 valence electrons. The van der Waals surface area contributed by atoms with E-state index in [1.54, 1.807) is 0 Å². The number of aryl methyl sites for hydroxylation is 2. The van der Waals surface area contributed by atoms with E-state index in [0.717, 1.165) is 15.5 Å². The summed E-state index contributed by atoms with van der Waals surface area (Å²) in [5, 5.41) is 0. The molecule has 0 aliphatic rings.